The van der Waals surface area contributed by atoms with Gasteiger partial charge in [0.15, 0.2) is 0 Å². The molecular formula is C28H28N2O5. The summed E-state index contributed by atoms with van der Waals surface area (Å²) >= 11 is 0. The van der Waals surface area contributed by atoms with E-state index in [9.17, 15) is 9.59 Å². The third-order valence-corrected chi connectivity index (χ3v) is 5.59. The van der Waals surface area contributed by atoms with Gasteiger partial charge in [0.25, 0.3) is 0 Å². The van der Waals surface area contributed by atoms with Crippen LogP contribution in [-0.2, 0) is 9.53 Å². The molecule has 0 bridgehead atoms. The molecule has 1 aliphatic rings. The number of urea groups is 1. The van der Waals surface area contributed by atoms with Crippen LogP contribution in [0.5, 0.6) is 17.2 Å². The Bertz CT molecular complexity index is 1240. The number of aryl methyl sites for hydroxylation is 2. The molecule has 0 fully saturated rings. The van der Waals surface area contributed by atoms with Crippen LogP contribution in [-0.4, -0.2) is 25.7 Å². The van der Waals surface area contributed by atoms with Gasteiger partial charge in [-0.3, -0.25) is 0 Å². The topological polar surface area (TPSA) is 85.9 Å². The van der Waals surface area contributed by atoms with E-state index in [1.807, 2.05) is 50.2 Å². The van der Waals surface area contributed by atoms with Crippen molar-refractivity contribution in [3.63, 3.8) is 0 Å². The molecule has 0 saturated carbocycles. The van der Waals surface area contributed by atoms with Gasteiger partial charge in [-0.2, -0.15) is 0 Å². The maximum absolute atomic E-state index is 13.0. The third-order valence-electron chi connectivity index (χ3n) is 5.59. The van der Waals surface area contributed by atoms with Gasteiger partial charge < -0.3 is 24.8 Å². The van der Waals surface area contributed by atoms with E-state index in [-0.39, 0.29) is 6.61 Å². The molecule has 0 aromatic heterocycles. The Morgan fingerprint density at radius 3 is 2.11 bits per heavy atom. The number of carbonyl (C=O) groups excluding carboxylic acids is 2. The molecular weight excluding hydrogens is 444 g/mol. The highest BCUT2D eigenvalue weighted by Gasteiger charge is 2.34. The SMILES string of the molecule is CCOC(=O)C1=C(c2ccc(OC)cc2)NC(=O)NC1c1ccc(Oc2cc(C)cc(C)c2)cc1. The van der Waals surface area contributed by atoms with Crippen LogP contribution in [0.15, 0.2) is 72.3 Å². The zero-order chi connectivity index (χ0) is 24.9. The van der Waals surface area contributed by atoms with Gasteiger partial charge in [0.2, 0.25) is 0 Å². The summed E-state index contributed by atoms with van der Waals surface area (Å²) in [7, 11) is 1.58. The minimum absolute atomic E-state index is 0.210. The van der Waals surface area contributed by atoms with Crippen molar-refractivity contribution in [2.45, 2.75) is 26.8 Å². The second-order valence-electron chi connectivity index (χ2n) is 8.26. The van der Waals surface area contributed by atoms with Crippen LogP contribution in [0.1, 0.15) is 35.2 Å². The predicted molar refractivity (Wildman–Crippen MR) is 133 cm³/mol. The number of hydrogen-bond donors (Lipinski definition) is 2. The molecule has 1 atom stereocenters. The maximum atomic E-state index is 13.0. The quantitative estimate of drug-likeness (QED) is 0.448. The minimum atomic E-state index is -0.699. The monoisotopic (exact) mass is 472 g/mol. The lowest BCUT2D eigenvalue weighted by Gasteiger charge is -2.29. The lowest BCUT2D eigenvalue weighted by molar-refractivity contribution is -0.138. The van der Waals surface area contributed by atoms with E-state index in [1.165, 1.54) is 0 Å². The molecule has 7 nitrogen and oxygen atoms in total. The molecule has 0 aliphatic carbocycles. The van der Waals surface area contributed by atoms with Gasteiger partial charge in [-0.05, 0) is 91.6 Å². The Kier molecular flexibility index (Phi) is 7.06. The molecule has 2 N–H and O–H groups in total. The van der Waals surface area contributed by atoms with Crippen molar-refractivity contribution in [3.05, 3.63) is 94.6 Å². The van der Waals surface area contributed by atoms with Gasteiger partial charge in [-0.1, -0.05) is 18.2 Å². The summed E-state index contributed by atoms with van der Waals surface area (Å²) in [5.74, 6) is 1.56. The van der Waals surface area contributed by atoms with E-state index >= 15 is 0 Å². The number of benzene rings is 3. The van der Waals surface area contributed by atoms with Crippen molar-refractivity contribution >= 4 is 17.7 Å². The molecule has 1 unspecified atom stereocenters. The fourth-order valence-electron chi connectivity index (χ4n) is 4.08. The number of methoxy groups -OCH3 is 1. The molecule has 3 aromatic rings. The zero-order valence-corrected chi connectivity index (χ0v) is 20.2. The number of carbonyl (C=O) groups is 2. The van der Waals surface area contributed by atoms with Gasteiger partial charge in [-0.25, -0.2) is 9.59 Å². The molecule has 1 heterocycles. The third kappa shape index (κ3) is 5.46. The van der Waals surface area contributed by atoms with E-state index in [4.69, 9.17) is 14.2 Å². The van der Waals surface area contributed by atoms with Crippen molar-refractivity contribution < 1.29 is 23.8 Å². The number of esters is 1. The Morgan fingerprint density at radius 2 is 1.51 bits per heavy atom. The number of rotatable bonds is 7. The maximum Gasteiger partial charge on any atom is 0.338 e. The molecule has 180 valence electrons. The van der Waals surface area contributed by atoms with Gasteiger partial charge in [0.1, 0.15) is 17.2 Å². The van der Waals surface area contributed by atoms with Crippen molar-refractivity contribution in [1.82, 2.24) is 10.6 Å². The number of amides is 2. The molecule has 3 aromatic carbocycles. The molecule has 35 heavy (non-hydrogen) atoms. The fourth-order valence-corrected chi connectivity index (χ4v) is 4.08. The highest BCUT2D eigenvalue weighted by molar-refractivity contribution is 6.04. The van der Waals surface area contributed by atoms with E-state index in [1.54, 1.807) is 38.3 Å². The van der Waals surface area contributed by atoms with Gasteiger partial charge in [0.05, 0.1) is 31.0 Å². The van der Waals surface area contributed by atoms with Crippen molar-refractivity contribution in [2.75, 3.05) is 13.7 Å². The Balaban J connectivity index is 1.70. The van der Waals surface area contributed by atoms with E-state index in [0.29, 0.717) is 28.3 Å². The molecule has 7 heteroatoms. The van der Waals surface area contributed by atoms with Crippen LogP contribution in [0.3, 0.4) is 0 Å². The Labute approximate surface area is 204 Å². The van der Waals surface area contributed by atoms with Gasteiger partial charge in [-0.15, -0.1) is 0 Å². The van der Waals surface area contributed by atoms with Crippen molar-refractivity contribution in [3.8, 4) is 17.2 Å². The zero-order valence-electron chi connectivity index (χ0n) is 20.2. The normalized spacial score (nSPS) is 15.2. The highest BCUT2D eigenvalue weighted by atomic mass is 16.5. The van der Waals surface area contributed by atoms with Crippen molar-refractivity contribution in [1.29, 1.82) is 0 Å². The summed E-state index contributed by atoms with van der Waals surface area (Å²) in [4.78, 5) is 25.6. The van der Waals surface area contributed by atoms with Crippen LogP contribution in [0.25, 0.3) is 5.70 Å². The summed E-state index contributed by atoms with van der Waals surface area (Å²) in [6.45, 7) is 5.99. The van der Waals surface area contributed by atoms with E-state index in [2.05, 4.69) is 16.7 Å². The predicted octanol–water partition coefficient (Wildman–Crippen LogP) is 5.43. The first-order chi connectivity index (χ1) is 16.9. The molecule has 2 amide bonds. The number of hydrogen-bond acceptors (Lipinski definition) is 5. The van der Waals surface area contributed by atoms with Crippen molar-refractivity contribution in [2.24, 2.45) is 0 Å². The lowest BCUT2D eigenvalue weighted by atomic mass is 9.92. The molecule has 1 aliphatic heterocycles. The average molecular weight is 473 g/mol. The van der Waals surface area contributed by atoms with E-state index < -0.39 is 18.0 Å². The second kappa shape index (κ2) is 10.3. The Hall–Kier alpha value is -4.26. The van der Waals surface area contributed by atoms with Crippen LogP contribution < -0.4 is 20.1 Å². The summed E-state index contributed by atoms with van der Waals surface area (Å²) in [5.41, 5.74) is 4.34. The number of ether oxygens (including phenoxy) is 3. The summed E-state index contributed by atoms with van der Waals surface area (Å²) in [6, 6.07) is 19.3. The molecule has 0 radical (unpaired) electrons. The van der Waals surface area contributed by atoms with Crippen LogP contribution >= 0.6 is 0 Å². The Morgan fingerprint density at radius 1 is 0.886 bits per heavy atom. The van der Waals surface area contributed by atoms with Gasteiger partial charge in [0, 0.05) is 0 Å². The lowest BCUT2D eigenvalue weighted by Crippen LogP contribution is -2.45. The first kappa shape index (κ1) is 23.9. The van der Waals surface area contributed by atoms with E-state index in [0.717, 1.165) is 22.4 Å². The summed E-state index contributed by atoms with van der Waals surface area (Å²) in [6.07, 6.45) is 0. The average Bonchev–Trinajstić information content (AvgIpc) is 2.83. The first-order valence-electron chi connectivity index (χ1n) is 11.4. The van der Waals surface area contributed by atoms with Crippen LogP contribution in [0.2, 0.25) is 0 Å². The second-order valence-corrected chi connectivity index (χ2v) is 8.26. The fraction of sp³-hybridized carbons (Fsp3) is 0.214. The number of nitrogens with one attached hydrogen (secondary N) is 2. The minimum Gasteiger partial charge on any atom is -0.497 e. The largest absolute Gasteiger partial charge is 0.497 e. The highest BCUT2D eigenvalue weighted by Crippen LogP contribution is 2.34. The summed E-state index contributed by atoms with van der Waals surface area (Å²) in [5, 5.41) is 5.63. The van der Waals surface area contributed by atoms with Crippen LogP contribution in [0, 0.1) is 13.8 Å². The summed E-state index contributed by atoms with van der Waals surface area (Å²) < 4.78 is 16.6. The first-order valence-corrected chi connectivity index (χ1v) is 11.4. The molecule has 0 saturated heterocycles. The smallest absolute Gasteiger partial charge is 0.338 e. The standard InChI is InChI=1S/C28H28N2O5/c1-5-34-27(31)24-25(19-6-10-21(33-4)11-7-19)29-28(32)30-26(24)20-8-12-22(13-9-20)35-23-15-17(2)14-18(3)16-23/h6-16,26H,5H2,1-4H3,(H2,29,30,32). The van der Waals surface area contributed by atoms with Crippen LogP contribution in [0.4, 0.5) is 4.79 Å². The molecule has 4 rings (SSSR count). The van der Waals surface area contributed by atoms with Gasteiger partial charge >= 0.3 is 12.0 Å². The molecule has 0 spiro atoms.